The normalized spacial score (nSPS) is 14.8. The third kappa shape index (κ3) is 5.18. The minimum absolute atomic E-state index is 0.0400. The lowest BCUT2D eigenvalue weighted by molar-refractivity contribution is 0.0934. The number of sulfonamides is 1. The van der Waals surface area contributed by atoms with Crippen LogP contribution in [0.2, 0.25) is 0 Å². The quantitative estimate of drug-likeness (QED) is 0.465. The van der Waals surface area contributed by atoms with Gasteiger partial charge >= 0.3 is 6.09 Å². The Balaban J connectivity index is 1.73. The molecule has 200 valence electrons. The number of aryl methyl sites for hydroxylation is 2. The molecule has 1 aromatic carbocycles. The number of ether oxygens (including phenoxy) is 2. The summed E-state index contributed by atoms with van der Waals surface area (Å²) in [6.45, 7) is 6.90. The zero-order valence-electron chi connectivity index (χ0n) is 21.5. The zero-order valence-corrected chi connectivity index (χ0v) is 22.3. The van der Waals surface area contributed by atoms with E-state index in [1.807, 2.05) is 13.8 Å². The summed E-state index contributed by atoms with van der Waals surface area (Å²) in [5, 5.41) is 4.45. The fraction of sp³-hybridized carbons (Fsp3) is 0.500. The third-order valence-electron chi connectivity index (χ3n) is 6.16. The zero-order chi connectivity index (χ0) is 26.7. The Morgan fingerprint density at radius 1 is 1.11 bits per heavy atom. The van der Waals surface area contributed by atoms with Crippen molar-refractivity contribution >= 4 is 27.1 Å². The fourth-order valence-electron chi connectivity index (χ4n) is 4.39. The van der Waals surface area contributed by atoms with E-state index in [9.17, 15) is 18.0 Å². The average Bonchev–Trinajstić information content (AvgIpc) is 3.20. The molecular formula is C24H32N6O6S. The number of rotatable bonds is 8. The van der Waals surface area contributed by atoms with E-state index in [4.69, 9.17) is 9.47 Å². The number of hydrogen-bond donors (Lipinski definition) is 1. The maximum absolute atomic E-state index is 13.5. The third-order valence-corrected chi connectivity index (χ3v) is 8.05. The van der Waals surface area contributed by atoms with E-state index in [2.05, 4.69) is 15.1 Å². The van der Waals surface area contributed by atoms with Crippen LogP contribution in [0.25, 0.3) is 22.4 Å². The monoisotopic (exact) mass is 532 g/mol. The second-order valence-electron chi connectivity index (χ2n) is 8.61. The van der Waals surface area contributed by atoms with Gasteiger partial charge in [-0.2, -0.15) is 9.40 Å². The van der Waals surface area contributed by atoms with Gasteiger partial charge < -0.3 is 19.4 Å². The van der Waals surface area contributed by atoms with E-state index in [0.717, 1.165) is 6.42 Å². The number of H-pyrrole nitrogens is 1. The summed E-state index contributed by atoms with van der Waals surface area (Å²) in [5.74, 6) is 0.604. The smallest absolute Gasteiger partial charge is 0.409 e. The molecule has 0 bridgehead atoms. The summed E-state index contributed by atoms with van der Waals surface area (Å²) in [7, 11) is -2.20. The lowest BCUT2D eigenvalue weighted by Gasteiger charge is -2.33. The number of carbonyl (C=O) groups excluding carboxylic acids is 1. The van der Waals surface area contributed by atoms with Crippen LogP contribution in [0.1, 0.15) is 32.9 Å². The van der Waals surface area contributed by atoms with Gasteiger partial charge in [0.15, 0.2) is 5.52 Å². The van der Waals surface area contributed by atoms with Crippen molar-refractivity contribution in [1.82, 2.24) is 29.0 Å². The molecule has 0 spiro atoms. The van der Waals surface area contributed by atoms with E-state index >= 15 is 0 Å². The molecule has 12 nitrogen and oxygen atoms in total. The van der Waals surface area contributed by atoms with Crippen LogP contribution in [0, 0.1) is 0 Å². The molecule has 37 heavy (non-hydrogen) atoms. The van der Waals surface area contributed by atoms with Crippen LogP contribution < -0.4 is 10.3 Å². The van der Waals surface area contributed by atoms with E-state index in [-0.39, 0.29) is 49.1 Å². The number of aromatic nitrogens is 4. The lowest BCUT2D eigenvalue weighted by Crippen LogP contribution is -2.50. The van der Waals surface area contributed by atoms with E-state index in [0.29, 0.717) is 41.1 Å². The average molecular weight is 533 g/mol. The largest absolute Gasteiger partial charge is 0.493 e. The van der Waals surface area contributed by atoms with E-state index < -0.39 is 16.1 Å². The second-order valence-corrected chi connectivity index (χ2v) is 10.6. The van der Waals surface area contributed by atoms with Crippen LogP contribution in [0.3, 0.4) is 0 Å². The molecule has 1 aliphatic heterocycles. The van der Waals surface area contributed by atoms with Crippen molar-refractivity contribution in [2.24, 2.45) is 7.05 Å². The first kappa shape index (κ1) is 26.6. The molecule has 1 amide bonds. The molecule has 4 rings (SSSR count). The summed E-state index contributed by atoms with van der Waals surface area (Å²) in [6, 6.07) is 4.52. The van der Waals surface area contributed by atoms with Crippen LogP contribution in [0.4, 0.5) is 4.79 Å². The van der Waals surface area contributed by atoms with Gasteiger partial charge in [0.25, 0.3) is 5.56 Å². The second kappa shape index (κ2) is 10.9. The van der Waals surface area contributed by atoms with Crippen molar-refractivity contribution in [1.29, 1.82) is 0 Å². The molecular weight excluding hydrogens is 500 g/mol. The molecule has 2 aromatic heterocycles. The molecule has 1 fully saturated rings. The topological polar surface area (TPSA) is 140 Å². The van der Waals surface area contributed by atoms with Crippen molar-refractivity contribution in [3.05, 3.63) is 34.2 Å². The first-order valence-corrected chi connectivity index (χ1v) is 13.8. The lowest BCUT2D eigenvalue weighted by atomic mass is 10.1. The SMILES string of the molecule is CCCc1nn(C)c2c(=O)[nH]c(-c3cc(S(=O)(=O)N4CCN(C(=O)OCC)CC4)ccc3OCC)nc12. The molecule has 1 N–H and O–H groups in total. The number of amides is 1. The first-order valence-electron chi connectivity index (χ1n) is 12.4. The fourth-order valence-corrected chi connectivity index (χ4v) is 5.84. The van der Waals surface area contributed by atoms with Crippen molar-refractivity contribution in [3.63, 3.8) is 0 Å². The van der Waals surface area contributed by atoms with Crippen LogP contribution in [-0.2, 0) is 28.2 Å². The highest BCUT2D eigenvalue weighted by molar-refractivity contribution is 7.89. The van der Waals surface area contributed by atoms with Crippen molar-refractivity contribution in [2.45, 2.75) is 38.5 Å². The number of hydrogen-bond acceptors (Lipinski definition) is 8. The molecule has 0 unspecified atom stereocenters. The molecule has 3 heterocycles. The van der Waals surface area contributed by atoms with Crippen LogP contribution in [-0.4, -0.2) is 82.9 Å². The number of nitrogens with zero attached hydrogens (tertiary/aromatic N) is 5. The maximum Gasteiger partial charge on any atom is 0.409 e. The van der Waals surface area contributed by atoms with Crippen molar-refractivity contribution < 1.29 is 22.7 Å². The molecule has 0 saturated carbocycles. The van der Waals surface area contributed by atoms with Gasteiger partial charge in [-0.05, 0) is 38.5 Å². The molecule has 3 aromatic rings. The molecule has 1 aliphatic rings. The van der Waals surface area contributed by atoms with Gasteiger partial charge in [-0.25, -0.2) is 18.2 Å². The number of nitrogens with one attached hydrogen (secondary N) is 1. The Morgan fingerprint density at radius 2 is 1.84 bits per heavy atom. The van der Waals surface area contributed by atoms with Gasteiger partial charge in [-0.3, -0.25) is 9.48 Å². The predicted molar refractivity (Wildman–Crippen MR) is 137 cm³/mol. The molecule has 0 aliphatic carbocycles. The molecule has 1 saturated heterocycles. The number of carbonyl (C=O) groups is 1. The minimum atomic E-state index is -3.89. The summed E-state index contributed by atoms with van der Waals surface area (Å²) < 4.78 is 40.6. The molecule has 0 atom stereocenters. The Morgan fingerprint density at radius 3 is 2.49 bits per heavy atom. The Hall–Kier alpha value is -3.45. The highest BCUT2D eigenvalue weighted by Crippen LogP contribution is 2.32. The highest BCUT2D eigenvalue weighted by atomic mass is 32.2. The van der Waals surface area contributed by atoms with E-state index in [1.165, 1.54) is 26.0 Å². The van der Waals surface area contributed by atoms with Crippen molar-refractivity contribution in [3.8, 4) is 17.1 Å². The maximum atomic E-state index is 13.5. The van der Waals surface area contributed by atoms with Gasteiger partial charge in [0.1, 0.15) is 17.1 Å². The Bertz CT molecular complexity index is 1460. The minimum Gasteiger partial charge on any atom is -0.493 e. The van der Waals surface area contributed by atoms with Gasteiger partial charge in [0.2, 0.25) is 10.0 Å². The summed E-state index contributed by atoms with van der Waals surface area (Å²) in [5.41, 5.74) is 1.53. The van der Waals surface area contributed by atoms with Gasteiger partial charge in [0.05, 0.1) is 29.4 Å². The number of benzene rings is 1. The predicted octanol–water partition coefficient (Wildman–Crippen LogP) is 2.14. The summed E-state index contributed by atoms with van der Waals surface area (Å²) in [6.07, 6.45) is 1.03. The number of aromatic amines is 1. The van der Waals surface area contributed by atoms with Crippen LogP contribution in [0.15, 0.2) is 27.9 Å². The van der Waals surface area contributed by atoms with Crippen molar-refractivity contribution in [2.75, 3.05) is 39.4 Å². The summed E-state index contributed by atoms with van der Waals surface area (Å²) >= 11 is 0. The van der Waals surface area contributed by atoms with Gasteiger partial charge in [0, 0.05) is 33.2 Å². The number of fused-ring (bicyclic) bond motifs is 1. The molecule has 13 heteroatoms. The first-order chi connectivity index (χ1) is 17.7. The van der Waals surface area contributed by atoms with Gasteiger partial charge in [-0.15, -0.1) is 0 Å². The van der Waals surface area contributed by atoms with Gasteiger partial charge in [-0.1, -0.05) is 13.3 Å². The molecule has 0 radical (unpaired) electrons. The number of piperazine rings is 1. The van der Waals surface area contributed by atoms with Crippen LogP contribution in [0.5, 0.6) is 5.75 Å². The summed E-state index contributed by atoms with van der Waals surface area (Å²) in [4.78, 5) is 34.0. The standard InChI is InChI=1S/C24H32N6O6S/c1-5-8-18-20-21(28(4)27-18)23(31)26-22(25-20)17-15-16(9-10-19(17)35-6-2)37(33,34)30-13-11-29(12-14-30)24(32)36-7-3/h9-10,15H,5-8,11-14H2,1-4H3,(H,25,26,31). The van der Waals surface area contributed by atoms with Crippen LogP contribution >= 0.6 is 0 Å². The highest BCUT2D eigenvalue weighted by Gasteiger charge is 2.31. The Kier molecular flexibility index (Phi) is 7.83. The Labute approximate surface area is 215 Å². The van der Waals surface area contributed by atoms with E-state index in [1.54, 1.807) is 20.0 Å².